The molecule has 7 heteroatoms. The highest BCUT2D eigenvalue weighted by Crippen LogP contribution is 2.19. The first kappa shape index (κ1) is 11.0. The summed E-state index contributed by atoms with van der Waals surface area (Å²) in [5.41, 5.74) is 1.22. The number of nitrogens with zero attached hydrogens (tertiary/aromatic N) is 7. The number of hydrogen-bond acceptors (Lipinski definition) is 5. The van der Waals surface area contributed by atoms with Gasteiger partial charge in [-0.25, -0.2) is 19.9 Å². The lowest BCUT2D eigenvalue weighted by Crippen LogP contribution is -2.07. The van der Waals surface area contributed by atoms with Gasteiger partial charge < -0.3 is 9.47 Å². The van der Waals surface area contributed by atoms with E-state index in [4.69, 9.17) is 5.26 Å². The number of rotatable bonds is 3. The van der Waals surface area contributed by atoms with Crippen LogP contribution in [0.25, 0.3) is 11.2 Å². The highest BCUT2D eigenvalue weighted by molar-refractivity contribution is 5.82. The van der Waals surface area contributed by atoms with Gasteiger partial charge in [-0.2, -0.15) is 5.26 Å². The van der Waals surface area contributed by atoms with Crippen molar-refractivity contribution in [1.29, 1.82) is 5.26 Å². The lowest BCUT2D eigenvalue weighted by atomic mass is 10.5. The van der Waals surface area contributed by atoms with Crippen LogP contribution in [0.2, 0.25) is 0 Å². The minimum atomic E-state index is 0.213. The first-order valence-corrected chi connectivity index (χ1v) is 4.96. The van der Waals surface area contributed by atoms with Gasteiger partial charge in [-0.15, -0.1) is 0 Å². The second kappa shape index (κ2) is 4.57. The Kier molecular flexibility index (Phi) is 2.96. The first-order valence-electron chi connectivity index (χ1n) is 4.96. The molecule has 0 saturated carbocycles. The molecule has 0 aliphatic rings. The van der Waals surface area contributed by atoms with Gasteiger partial charge in [0.2, 0.25) is 0 Å². The Hall–Kier alpha value is -2.49. The molecule has 86 valence electrons. The van der Waals surface area contributed by atoms with Crippen molar-refractivity contribution in [1.82, 2.24) is 24.4 Å². The standard InChI is InChI=1S/C10H11N7/c1-16(2)6-15-9-8-10(13-5-12-9)17(4-3-11)7-14-8/h5-7H,4H2,1-2H3. The molecule has 0 saturated heterocycles. The minimum Gasteiger partial charge on any atom is -0.369 e. The molecule has 0 spiro atoms. The molecule has 2 aromatic heterocycles. The monoisotopic (exact) mass is 229 g/mol. The molecule has 0 aromatic carbocycles. The van der Waals surface area contributed by atoms with Crippen LogP contribution >= 0.6 is 0 Å². The second-order valence-electron chi connectivity index (χ2n) is 3.61. The molecule has 2 aromatic rings. The molecular formula is C10H11N7. The van der Waals surface area contributed by atoms with Crippen molar-refractivity contribution in [2.24, 2.45) is 4.99 Å². The van der Waals surface area contributed by atoms with Crippen LogP contribution in [-0.4, -0.2) is 44.9 Å². The van der Waals surface area contributed by atoms with Gasteiger partial charge in [0.25, 0.3) is 0 Å². The summed E-state index contributed by atoms with van der Waals surface area (Å²) < 4.78 is 1.66. The molecule has 0 N–H and O–H groups in total. The molecule has 2 rings (SSSR count). The maximum atomic E-state index is 8.66. The van der Waals surface area contributed by atoms with E-state index in [9.17, 15) is 0 Å². The highest BCUT2D eigenvalue weighted by atomic mass is 15.2. The maximum Gasteiger partial charge on any atom is 0.184 e. The fourth-order valence-corrected chi connectivity index (χ4v) is 1.32. The molecule has 0 atom stereocenters. The third-order valence-electron chi connectivity index (χ3n) is 2.03. The van der Waals surface area contributed by atoms with Gasteiger partial charge in [0.05, 0.1) is 18.7 Å². The average Bonchev–Trinajstić information content (AvgIpc) is 2.71. The Labute approximate surface area is 98.1 Å². The molecule has 0 amide bonds. The fraction of sp³-hybridized carbons (Fsp3) is 0.300. The van der Waals surface area contributed by atoms with Crippen molar-refractivity contribution in [3.8, 4) is 6.07 Å². The summed E-state index contributed by atoms with van der Waals surface area (Å²) in [4.78, 5) is 18.3. The Morgan fingerprint density at radius 3 is 3.00 bits per heavy atom. The van der Waals surface area contributed by atoms with Gasteiger partial charge >= 0.3 is 0 Å². The largest absolute Gasteiger partial charge is 0.369 e. The smallest absolute Gasteiger partial charge is 0.184 e. The zero-order chi connectivity index (χ0) is 12.3. The first-order chi connectivity index (χ1) is 8.22. The van der Waals surface area contributed by atoms with Crippen LogP contribution in [0.1, 0.15) is 0 Å². The summed E-state index contributed by atoms with van der Waals surface area (Å²) in [6.07, 6.45) is 4.63. The van der Waals surface area contributed by atoms with E-state index in [1.54, 1.807) is 22.1 Å². The predicted molar refractivity (Wildman–Crippen MR) is 62.8 cm³/mol. The van der Waals surface area contributed by atoms with Crippen LogP contribution in [0, 0.1) is 11.3 Å². The van der Waals surface area contributed by atoms with Gasteiger partial charge in [-0.3, -0.25) is 0 Å². The van der Waals surface area contributed by atoms with Gasteiger partial charge in [0, 0.05) is 14.1 Å². The molecule has 0 aliphatic heterocycles. The molecule has 17 heavy (non-hydrogen) atoms. The third kappa shape index (κ3) is 2.20. The van der Waals surface area contributed by atoms with E-state index in [0.29, 0.717) is 17.0 Å². The number of nitriles is 1. The molecule has 0 fully saturated rings. The molecule has 0 unspecified atom stereocenters. The van der Waals surface area contributed by atoms with Gasteiger partial charge in [-0.1, -0.05) is 0 Å². The van der Waals surface area contributed by atoms with E-state index in [2.05, 4.69) is 19.9 Å². The van der Waals surface area contributed by atoms with E-state index in [0.717, 1.165) is 0 Å². The summed E-state index contributed by atoms with van der Waals surface area (Å²) >= 11 is 0. The van der Waals surface area contributed by atoms with Crippen molar-refractivity contribution >= 4 is 23.3 Å². The van der Waals surface area contributed by atoms with Gasteiger partial charge in [-0.05, 0) is 0 Å². The van der Waals surface area contributed by atoms with E-state index in [1.807, 2.05) is 20.2 Å². The molecule has 0 radical (unpaired) electrons. The Morgan fingerprint density at radius 2 is 2.29 bits per heavy atom. The van der Waals surface area contributed by atoms with Crippen LogP contribution < -0.4 is 0 Å². The summed E-state index contributed by atoms with van der Waals surface area (Å²) in [5, 5.41) is 8.66. The maximum absolute atomic E-state index is 8.66. The van der Waals surface area contributed by atoms with Crippen LogP contribution in [0.3, 0.4) is 0 Å². The van der Waals surface area contributed by atoms with Crippen molar-refractivity contribution in [2.75, 3.05) is 14.1 Å². The van der Waals surface area contributed by atoms with Crippen LogP contribution in [0.5, 0.6) is 0 Å². The highest BCUT2D eigenvalue weighted by Gasteiger charge is 2.08. The Balaban J connectivity index is 2.49. The summed E-state index contributed by atoms with van der Waals surface area (Å²) in [7, 11) is 3.74. The second-order valence-corrected chi connectivity index (χ2v) is 3.61. The Bertz CT molecular complexity index is 590. The molecule has 0 bridgehead atoms. The Morgan fingerprint density at radius 1 is 1.47 bits per heavy atom. The molecule has 2 heterocycles. The van der Waals surface area contributed by atoms with Crippen LogP contribution in [0.15, 0.2) is 17.6 Å². The van der Waals surface area contributed by atoms with E-state index in [1.165, 1.54) is 6.33 Å². The molecule has 7 nitrogen and oxygen atoms in total. The van der Waals surface area contributed by atoms with Gasteiger partial charge in [0.1, 0.15) is 12.9 Å². The fourth-order valence-electron chi connectivity index (χ4n) is 1.32. The summed E-state index contributed by atoms with van der Waals surface area (Å²) in [6.45, 7) is 0.213. The topological polar surface area (TPSA) is 83.0 Å². The minimum absolute atomic E-state index is 0.213. The van der Waals surface area contributed by atoms with E-state index >= 15 is 0 Å². The normalized spacial score (nSPS) is 10.9. The SMILES string of the molecule is CN(C)C=Nc1ncnc2c1ncn2CC#N. The number of fused-ring (bicyclic) bond motifs is 1. The number of hydrogen-bond donors (Lipinski definition) is 0. The summed E-state index contributed by atoms with van der Waals surface area (Å²) in [6, 6.07) is 2.05. The van der Waals surface area contributed by atoms with E-state index in [-0.39, 0.29) is 6.54 Å². The third-order valence-corrected chi connectivity index (χ3v) is 2.03. The predicted octanol–water partition coefficient (Wildman–Crippen LogP) is 0.571. The number of aromatic nitrogens is 4. The van der Waals surface area contributed by atoms with Crippen LogP contribution in [0.4, 0.5) is 5.82 Å². The zero-order valence-corrected chi connectivity index (χ0v) is 9.57. The number of aliphatic imine (C=N–C) groups is 1. The summed E-state index contributed by atoms with van der Waals surface area (Å²) in [5.74, 6) is 0.500. The average molecular weight is 229 g/mol. The van der Waals surface area contributed by atoms with Crippen molar-refractivity contribution in [3.05, 3.63) is 12.7 Å². The van der Waals surface area contributed by atoms with Gasteiger partial charge in [0.15, 0.2) is 17.0 Å². The lowest BCUT2D eigenvalue weighted by molar-refractivity contribution is 0.643. The van der Waals surface area contributed by atoms with Crippen LogP contribution in [-0.2, 0) is 6.54 Å². The van der Waals surface area contributed by atoms with E-state index < -0.39 is 0 Å². The van der Waals surface area contributed by atoms with Crippen molar-refractivity contribution < 1.29 is 0 Å². The molecule has 0 aliphatic carbocycles. The molecular weight excluding hydrogens is 218 g/mol. The number of imidazole rings is 1. The lowest BCUT2D eigenvalue weighted by Gasteiger charge is -2.02. The zero-order valence-electron chi connectivity index (χ0n) is 9.57. The van der Waals surface area contributed by atoms with Crippen molar-refractivity contribution in [2.45, 2.75) is 6.54 Å². The van der Waals surface area contributed by atoms with Crippen molar-refractivity contribution in [3.63, 3.8) is 0 Å². The quantitative estimate of drug-likeness (QED) is 0.567.